The predicted octanol–water partition coefficient (Wildman–Crippen LogP) is 2.57. The molecule has 2 aliphatic rings. The Morgan fingerprint density at radius 2 is 1.94 bits per heavy atom. The van der Waals surface area contributed by atoms with Gasteiger partial charge >= 0.3 is 6.09 Å². The number of carbonyl (C=O) groups is 2. The van der Waals surface area contributed by atoms with Gasteiger partial charge in [0.25, 0.3) is 0 Å². The van der Waals surface area contributed by atoms with Gasteiger partial charge in [0.15, 0.2) is 11.6 Å². The highest BCUT2D eigenvalue weighted by atomic mass is 19.1. The number of nitrogens with one attached hydrogen (secondary N) is 1. The molecule has 2 amide bonds. The number of likely N-dealkylation sites (tertiary alicyclic amines) is 1. The second-order valence-corrected chi connectivity index (χ2v) is 8.21. The van der Waals surface area contributed by atoms with Crippen LogP contribution in [0.2, 0.25) is 0 Å². The molecule has 1 saturated carbocycles. The van der Waals surface area contributed by atoms with Gasteiger partial charge in [-0.15, -0.1) is 0 Å². The maximum atomic E-state index is 14.7. The fraction of sp³-hybridized carbons (Fsp3) is 0.636. The maximum Gasteiger partial charge on any atom is 0.407 e. The lowest BCUT2D eigenvalue weighted by molar-refractivity contribution is -0.124. The van der Waals surface area contributed by atoms with Gasteiger partial charge in [-0.3, -0.25) is 9.69 Å². The Balaban J connectivity index is 1.56. The van der Waals surface area contributed by atoms with Crippen LogP contribution in [0.25, 0.3) is 0 Å². The summed E-state index contributed by atoms with van der Waals surface area (Å²) in [5.74, 6) is 0.0866. The van der Waals surface area contributed by atoms with Crippen LogP contribution >= 0.6 is 0 Å². The molecule has 8 nitrogen and oxygen atoms in total. The molecule has 3 rings (SSSR count). The van der Waals surface area contributed by atoms with Crippen LogP contribution in [0.5, 0.6) is 11.5 Å². The first-order valence-corrected chi connectivity index (χ1v) is 10.8. The minimum atomic E-state index is -1.10. The fourth-order valence-electron chi connectivity index (χ4n) is 4.37. The number of carbonyl (C=O) groups excluding carboxylic acids is 1. The van der Waals surface area contributed by atoms with E-state index in [2.05, 4.69) is 5.32 Å². The molecular weight excluding hydrogens is 407 g/mol. The molecule has 0 bridgehead atoms. The summed E-state index contributed by atoms with van der Waals surface area (Å²) in [6, 6.07) is 2.22. The normalized spacial score (nSPS) is 23.5. The number of amides is 2. The van der Waals surface area contributed by atoms with E-state index in [0.717, 1.165) is 30.6 Å². The van der Waals surface area contributed by atoms with Gasteiger partial charge in [0.05, 0.1) is 13.2 Å². The van der Waals surface area contributed by atoms with E-state index in [0.29, 0.717) is 43.0 Å². The van der Waals surface area contributed by atoms with Crippen LogP contribution in [-0.2, 0) is 11.2 Å². The number of aliphatic hydroxyl groups excluding tert-OH is 1. The van der Waals surface area contributed by atoms with E-state index in [4.69, 9.17) is 14.6 Å². The van der Waals surface area contributed by atoms with E-state index >= 15 is 0 Å². The van der Waals surface area contributed by atoms with Crippen LogP contribution in [0.4, 0.5) is 9.18 Å². The van der Waals surface area contributed by atoms with Crippen molar-refractivity contribution >= 4 is 12.0 Å². The van der Waals surface area contributed by atoms with E-state index in [1.807, 2.05) is 0 Å². The first-order chi connectivity index (χ1) is 14.9. The van der Waals surface area contributed by atoms with E-state index in [1.165, 1.54) is 19.2 Å². The third-order valence-electron chi connectivity index (χ3n) is 6.18. The number of nitrogens with zero attached hydrogens (tertiary/aromatic N) is 1. The van der Waals surface area contributed by atoms with Gasteiger partial charge in [-0.05, 0) is 62.5 Å². The van der Waals surface area contributed by atoms with E-state index in [1.54, 1.807) is 0 Å². The standard InChI is InChI=1S/C22H31FN2O6/c1-30-19-12-20(31-16-6-4-14(13-26)5-7-16)17(23)11-15(19)8-9-24-21(27)18-3-2-10-25(18)22(28)29/h11-12,14,16,18,26H,2-10,13H2,1H3,(H,24,27)(H,28,29). The SMILES string of the molecule is COc1cc(OC2CCC(CO)CC2)c(F)cc1CCNC(=O)C1CCCN1C(=O)O. The molecule has 1 aliphatic heterocycles. The molecule has 1 aliphatic carbocycles. The van der Waals surface area contributed by atoms with Crippen molar-refractivity contribution < 1.29 is 33.7 Å². The fourth-order valence-corrected chi connectivity index (χ4v) is 4.37. The zero-order valence-corrected chi connectivity index (χ0v) is 17.8. The molecule has 1 atom stereocenters. The smallest absolute Gasteiger partial charge is 0.407 e. The lowest BCUT2D eigenvalue weighted by Crippen LogP contribution is -2.45. The highest BCUT2D eigenvalue weighted by Crippen LogP contribution is 2.32. The summed E-state index contributed by atoms with van der Waals surface area (Å²) in [7, 11) is 1.49. The van der Waals surface area contributed by atoms with Crippen molar-refractivity contribution in [3.05, 3.63) is 23.5 Å². The van der Waals surface area contributed by atoms with Crippen molar-refractivity contribution in [2.24, 2.45) is 5.92 Å². The number of rotatable bonds is 8. The van der Waals surface area contributed by atoms with E-state index < -0.39 is 18.0 Å². The van der Waals surface area contributed by atoms with Gasteiger partial charge in [-0.2, -0.15) is 0 Å². The zero-order valence-electron chi connectivity index (χ0n) is 17.8. The molecule has 2 fully saturated rings. The number of ether oxygens (including phenoxy) is 2. The molecule has 3 N–H and O–H groups in total. The van der Waals surface area contributed by atoms with Crippen LogP contribution in [0.15, 0.2) is 12.1 Å². The van der Waals surface area contributed by atoms with Crippen molar-refractivity contribution in [1.29, 1.82) is 0 Å². The number of hydrogen-bond acceptors (Lipinski definition) is 5. The topological polar surface area (TPSA) is 108 Å². The summed E-state index contributed by atoms with van der Waals surface area (Å²) in [5, 5.41) is 21.2. The van der Waals surface area contributed by atoms with Gasteiger partial charge < -0.3 is 25.0 Å². The Bertz CT molecular complexity index is 782. The highest BCUT2D eigenvalue weighted by molar-refractivity contribution is 5.85. The van der Waals surface area contributed by atoms with Crippen molar-refractivity contribution in [2.75, 3.05) is 26.8 Å². The maximum absolute atomic E-state index is 14.7. The summed E-state index contributed by atoms with van der Waals surface area (Å²) in [6.07, 6.45) is 3.58. The summed E-state index contributed by atoms with van der Waals surface area (Å²) >= 11 is 0. The monoisotopic (exact) mass is 438 g/mol. The lowest BCUT2D eigenvalue weighted by atomic mass is 9.88. The van der Waals surface area contributed by atoms with Crippen molar-refractivity contribution in [3.63, 3.8) is 0 Å². The molecule has 1 aromatic carbocycles. The number of aliphatic hydroxyl groups is 1. The average molecular weight is 438 g/mol. The van der Waals surface area contributed by atoms with Crippen LogP contribution in [0, 0.1) is 11.7 Å². The molecule has 31 heavy (non-hydrogen) atoms. The Morgan fingerprint density at radius 3 is 2.58 bits per heavy atom. The third kappa shape index (κ3) is 5.78. The van der Waals surface area contributed by atoms with E-state index in [9.17, 15) is 19.1 Å². The number of benzene rings is 1. The number of methoxy groups -OCH3 is 1. The molecule has 1 saturated heterocycles. The second kappa shape index (κ2) is 10.7. The summed E-state index contributed by atoms with van der Waals surface area (Å²) < 4.78 is 25.9. The Kier molecular flexibility index (Phi) is 7.95. The summed E-state index contributed by atoms with van der Waals surface area (Å²) in [4.78, 5) is 24.7. The Morgan fingerprint density at radius 1 is 1.19 bits per heavy atom. The number of carboxylic acid groups (broad SMARTS) is 1. The van der Waals surface area contributed by atoms with Crippen LogP contribution in [0.1, 0.15) is 44.1 Å². The number of halogens is 1. The van der Waals surface area contributed by atoms with Crippen molar-refractivity contribution in [3.8, 4) is 11.5 Å². The molecule has 1 aromatic rings. The third-order valence-corrected chi connectivity index (χ3v) is 6.18. The van der Waals surface area contributed by atoms with E-state index in [-0.39, 0.29) is 30.9 Å². The predicted molar refractivity (Wildman–Crippen MR) is 111 cm³/mol. The first-order valence-electron chi connectivity index (χ1n) is 10.8. The second-order valence-electron chi connectivity index (χ2n) is 8.21. The summed E-state index contributed by atoms with van der Waals surface area (Å²) in [6.45, 7) is 0.773. The van der Waals surface area contributed by atoms with Gasteiger partial charge in [0.1, 0.15) is 11.8 Å². The van der Waals surface area contributed by atoms with Gasteiger partial charge in [-0.25, -0.2) is 9.18 Å². The average Bonchev–Trinajstić information content (AvgIpc) is 3.26. The molecule has 9 heteroatoms. The lowest BCUT2D eigenvalue weighted by Gasteiger charge is -2.28. The van der Waals surface area contributed by atoms with Gasteiger partial charge in [-0.1, -0.05) is 0 Å². The largest absolute Gasteiger partial charge is 0.496 e. The zero-order chi connectivity index (χ0) is 22.4. The van der Waals surface area contributed by atoms with Crippen molar-refractivity contribution in [2.45, 2.75) is 57.1 Å². The van der Waals surface area contributed by atoms with Gasteiger partial charge in [0.2, 0.25) is 5.91 Å². The minimum Gasteiger partial charge on any atom is -0.496 e. The molecule has 0 aromatic heterocycles. The molecule has 0 spiro atoms. The Labute approximate surface area is 181 Å². The number of hydrogen-bond donors (Lipinski definition) is 3. The van der Waals surface area contributed by atoms with Crippen LogP contribution in [-0.4, -0.2) is 66.1 Å². The summed E-state index contributed by atoms with van der Waals surface area (Å²) in [5.41, 5.74) is 0.596. The van der Waals surface area contributed by atoms with Crippen molar-refractivity contribution in [1.82, 2.24) is 10.2 Å². The molecular formula is C22H31FN2O6. The van der Waals surface area contributed by atoms with Gasteiger partial charge in [0, 0.05) is 25.8 Å². The molecule has 0 radical (unpaired) electrons. The minimum absolute atomic E-state index is 0.0873. The quantitative estimate of drug-likeness (QED) is 0.576. The molecule has 172 valence electrons. The van der Waals surface area contributed by atoms with Crippen LogP contribution < -0.4 is 14.8 Å². The highest BCUT2D eigenvalue weighted by Gasteiger charge is 2.33. The first kappa shape index (κ1) is 23.1. The Hall–Kier alpha value is -2.55. The molecule has 1 heterocycles. The van der Waals surface area contributed by atoms with Crippen LogP contribution in [0.3, 0.4) is 0 Å². The molecule has 1 unspecified atom stereocenters.